The van der Waals surface area contributed by atoms with E-state index in [0.29, 0.717) is 21.4 Å². The molecule has 1 amide bonds. The smallest absolute Gasteiger partial charge is 0.281 e. The molecule has 110 valence electrons. The van der Waals surface area contributed by atoms with Gasteiger partial charge in [0.05, 0.1) is 18.5 Å². The second-order valence-corrected chi connectivity index (χ2v) is 5.28. The fourth-order valence-electron chi connectivity index (χ4n) is 1.68. The second kappa shape index (κ2) is 6.27. The lowest BCUT2D eigenvalue weighted by Gasteiger charge is -2.11. The van der Waals surface area contributed by atoms with Gasteiger partial charge in [0, 0.05) is 0 Å². The predicted molar refractivity (Wildman–Crippen MR) is 83.9 cm³/mol. The number of nitrogens with zero attached hydrogens (tertiary/aromatic N) is 1. The van der Waals surface area contributed by atoms with Crippen LogP contribution in [0, 0.1) is 6.92 Å². The number of nitrogens with one attached hydrogen (secondary N) is 2. The Hall–Kier alpha value is -2.54. The van der Waals surface area contributed by atoms with Gasteiger partial charge in [-0.15, -0.1) is 0 Å². The van der Waals surface area contributed by atoms with Crippen molar-refractivity contribution in [2.45, 2.75) is 6.92 Å². The van der Waals surface area contributed by atoms with E-state index in [1.54, 1.807) is 14.0 Å². The summed E-state index contributed by atoms with van der Waals surface area (Å²) >= 11 is 1.14. The zero-order chi connectivity index (χ0) is 15.4. The molecule has 0 aliphatic rings. The van der Waals surface area contributed by atoms with Crippen LogP contribution in [0.3, 0.4) is 0 Å². The summed E-state index contributed by atoms with van der Waals surface area (Å²) in [6.45, 7) is 5.61. The van der Waals surface area contributed by atoms with Gasteiger partial charge < -0.3 is 10.5 Å². The van der Waals surface area contributed by atoms with E-state index in [1.807, 2.05) is 24.3 Å². The standard InChI is InChI=1S/C14H16N4O2S/c1-8(10-4-6-11(20-3)7-5-10)17-18-13(19)12-9(2)16-14(15)21-12/h4-7,17H,1H2,2-3H3,(H2,15,16)(H,18,19). The number of aryl methyl sites for hydroxylation is 1. The van der Waals surface area contributed by atoms with Crippen molar-refractivity contribution in [1.82, 2.24) is 15.8 Å². The minimum atomic E-state index is -0.295. The van der Waals surface area contributed by atoms with Crippen molar-refractivity contribution >= 4 is 28.1 Å². The summed E-state index contributed by atoms with van der Waals surface area (Å²) in [5, 5.41) is 0.367. The van der Waals surface area contributed by atoms with Crippen LogP contribution in [0.1, 0.15) is 20.9 Å². The van der Waals surface area contributed by atoms with Crippen molar-refractivity contribution in [2.24, 2.45) is 0 Å². The molecule has 7 heteroatoms. The summed E-state index contributed by atoms with van der Waals surface area (Å²) in [5.41, 5.74) is 12.9. The highest BCUT2D eigenvalue weighted by atomic mass is 32.1. The van der Waals surface area contributed by atoms with Crippen molar-refractivity contribution in [1.29, 1.82) is 0 Å². The number of rotatable bonds is 5. The number of aromatic nitrogens is 1. The predicted octanol–water partition coefficient (Wildman–Crippen LogP) is 1.95. The Labute approximate surface area is 126 Å². The van der Waals surface area contributed by atoms with Gasteiger partial charge in [0.25, 0.3) is 5.91 Å². The number of carbonyl (C=O) groups is 1. The van der Waals surface area contributed by atoms with Gasteiger partial charge in [-0.05, 0) is 36.8 Å². The number of anilines is 1. The molecule has 0 spiro atoms. The highest BCUT2D eigenvalue weighted by Crippen LogP contribution is 2.19. The lowest BCUT2D eigenvalue weighted by atomic mass is 10.2. The van der Waals surface area contributed by atoms with Crippen molar-refractivity contribution < 1.29 is 9.53 Å². The molecule has 1 heterocycles. The molecule has 2 rings (SSSR count). The first-order valence-electron chi connectivity index (χ1n) is 6.14. The molecule has 0 fully saturated rings. The van der Waals surface area contributed by atoms with Gasteiger partial charge in [0.1, 0.15) is 10.6 Å². The molecular formula is C14H16N4O2S. The van der Waals surface area contributed by atoms with Gasteiger partial charge in [0.2, 0.25) is 0 Å². The zero-order valence-corrected chi connectivity index (χ0v) is 12.6. The SMILES string of the molecule is C=C(NNC(=O)c1sc(N)nc1C)c1ccc(OC)cc1. The number of hydrazine groups is 1. The maximum atomic E-state index is 12.0. The van der Waals surface area contributed by atoms with Gasteiger partial charge in [-0.25, -0.2) is 4.98 Å². The molecule has 4 N–H and O–H groups in total. The fraction of sp³-hybridized carbons (Fsp3) is 0.143. The Morgan fingerprint density at radius 1 is 1.33 bits per heavy atom. The molecule has 2 aromatic rings. The number of amides is 1. The normalized spacial score (nSPS) is 10.0. The average molecular weight is 304 g/mol. The van der Waals surface area contributed by atoms with E-state index in [4.69, 9.17) is 10.5 Å². The molecule has 1 aromatic heterocycles. The summed E-state index contributed by atoms with van der Waals surface area (Å²) in [7, 11) is 1.60. The van der Waals surface area contributed by atoms with E-state index in [9.17, 15) is 4.79 Å². The van der Waals surface area contributed by atoms with Crippen LogP contribution < -0.4 is 21.3 Å². The number of benzene rings is 1. The number of hydrogen-bond donors (Lipinski definition) is 3. The number of methoxy groups -OCH3 is 1. The monoisotopic (exact) mass is 304 g/mol. The molecule has 21 heavy (non-hydrogen) atoms. The first-order chi connectivity index (χ1) is 10.0. The van der Waals surface area contributed by atoms with Crippen molar-refractivity contribution in [3.05, 3.63) is 47.0 Å². The van der Waals surface area contributed by atoms with Gasteiger partial charge in [0.15, 0.2) is 5.13 Å². The van der Waals surface area contributed by atoms with Gasteiger partial charge in [-0.3, -0.25) is 15.6 Å². The summed E-state index contributed by atoms with van der Waals surface area (Å²) in [4.78, 5) is 16.5. The Kier molecular flexibility index (Phi) is 4.44. The summed E-state index contributed by atoms with van der Waals surface area (Å²) in [5.74, 6) is 0.461. The quantitative estimate of drug-likeness (QED) is 0.735. The summed E-state index contributed by atoms with van der Waals surface area (Å²) in [6.07, 6.45) is 0. The third-order valence-electron chi connectivity index (χ3n) is 2.78. The van der Waals surface area contributed by atoms with Crippen LogP contribution in [-0.2, 0) is 0 Å². The minimum absolute atomic E-state index is 0.295. The molecule has 0 aliphatic heterocycles. The van der Waals surface area contributed by atoms with Crippen molar-refractivity contribution in [2.75, 3.05) is 12.8 Å². The molecule has 0 aliphatic carbocycles. The van der Waals surface area contributed by atoms with E-state index in [0.717, 1.165) is 22.6 Å². The molecule has 0 radical (unpaired) electrons. The Morgan fingerprint density at radius 3 is 2.52 bits per heavy atom. The average Bonchev–Trinajstić information content (AvgIpc) is 2.83. The summed E-state index contributed by atoms with van der Waals surface area (Å²) < 4.78 is 5.08. The van der Waals surface area contributed by atoms with Gasteiger partial charge in [-0.1, -0.05) is 17.9 Å². The highest BCUT2D eigenvalue weighted by Gasteiger charge is 2.14. The van der Waals surface area contributed by atoms with Crippen LogP contribution >= 0.6 is 11.3 Å². The van der Waals surface area contributed by atoms with Crippen LogP contribution in [0.5, 0.6) is 5.75 Å². The van der Waals surface area contributed by atoms with Gasteiger partial charge in [-0.2, -0.15) is 0 Å². The number of carbonyl (C=O) groups excluding carboxylic acids is 1. The molecule has 0 saturated heterocycles. The zero-order valence-electron chi connectivity index (χ0n) is 11.8. The second-order valence-electron chi connectivity index (χ2n) is 4.25. The lowest BCUT2D eigenvalue weighted by molar-refractivity contribution is 0.0946. The van der Waals surface area contributed by atoms with E-state index in [2.05, 4.69) is 22.4 Å². The maximum Gasteiger partial charge on any atom is 0.281 e. The third-order valence-corrected chi connectivity index (χ3v) is 3.77. The van der Waals surface area contributed by atoms with Crippen LogP contribution in [0.4, 0.5) is 5.13 Å². The number of ether oxygens (including phenoxy) is 1. The van der Waals surface area contributed by atoms with E-state index < -0.39 is 0 Å². The molecule has 1 aromatic carbocycles. The molecule has 0 unspecified atom stereocenters. The lowest BCUT2D eigenvalue weighted by Crippen LogP contribution is -2.35. The van der Waals surface area contributed by atoms with Crippen molar-refractivity contribution in [3.63, 3.8) is 0 Å². The molecule has 0 atom stereocenters. The molecular weight excluding hydrogens is 288 g/mol. The van der Waals surface area contributed by atoms with Crippen molar-refractivity contribution in [3.8, 4) is 5.75 Å². The van der Waals surface area contributed by atoms with E-state index >= 15 is 0 Å². The van der Waals surface area contributed by atoms with Crippen LogP contribution in [0.25, 0.3) is 5.70 Å². The Balaban J connectivity index is 1.97. The van der Waals surface area contributed by atoms with Crippen LogP contribution in [0.2, 0.25) is 0 Å². The first-order valence-corrected chi connectivity index (χ1v) is 6.95. The highest BCUT2D eigenvalue weighted by molar-refractivity contribution is 7.17. The first kappa shape index (κ1) is 14.9. The number of hydrogen-bond acceptors (Lipinski definition) is 6. The van der Waals surface area contributed by atoms with Crippen LogP contribution in [0.15, 0.2) is 30.8 Å². The maximum absolute atomic E-state index is 12.0. The number of nitrogen functional groups attached to an aromatic ring is 1. The van der Waals surface area contributed by atoms with E-state index in [1.165, 1.54) is 0 Å². The van der Waals surface area contributed by atoms with Gasteiger partial charge >= 0.3 is 0 Å². The molecule has 6 nitrogen and oxygen atoms in total. The topological polar surface area (TPSA) is 89.3 Å². The number of nitrogens with two attached hydrogens (primary N) is 1. The number of thiazole rings is 1. The van der Waals surface area contributed by atoms with Crippen LogP contribution in [-0.4, -0.2) is 18.0 Å². The third kappa shape index (κ3) is 3.51. The fourth-order valence-corrected chi connectivity index (χ4v) is 2.41. The molecule has 0 bridgehead atoms. The largest absolute Gasteiger partial charge is 0.497 e. The minimum Gasteiger partial charge on any atom is -0.497 e. The molecule has 0 saturated carbocycles. The summed E-state index contributed by atoms with van der Waals surface area (Å²) in [6, 6.07) is 7.32. The Morgan fingerprint density at radius 2 is 2.00 bits per heavy atom. The Bertz CT molecular complexity index is 664. The van der Waals surface area contributed by atoms with E-state index in [-0.39, 0.29) is 5.91 Å².